The Bertz CT molecular complexity index is 503. The molecule has 0 amide bonds. The lowest BCUT2D eigenvalue weighted by Gasteiger charge is -1.99. The molecule has 1 fully saturated rings. The van der Waals surface area contributed by atoms with E-state index in [9.17, 15) is 0 Å². The van der Waals surface area contributed by atoms with Crippen LogP contribution in [0.15, 0.2) is 28.8 Å². The monoisotopic (exact) mass is 231 g/mol. The van der Waals surface area contributed by atoms with Crippen molar-refractivity contribution in [3.8, 4) is 11.4 Å². The Balaban J connectivity index is 1.81. The van der Waals surface area contributed by atoms with Crippen LogP contribution < -0.4 is 5.90 Å². The molecule has 0 spiro atoms. The lowest BCUT2D eigenvalue weighted by molar-refractivity contribution is 0.124. The lowest BCUT2D eigenvalue weighted by atomic mass is 10.1. The first-order valence-corrected chi connectivity index (χ1v) is 5.61. The van der Waals surface area contributed by atoms with Gasteiger partial charge < -0.3 is 4.52 Å². The molecule has 0 saturated heterocycles. The first kappa shape index (κ1) is 10.4. The van der Waals surface area contributed by atoms with Gasteiger partial charge in [0.15, 0.2) is 0 Å². The molecular weight excluding hydrogens is 218 g/mol. The van der Waals surface area contributed by atoms with Gasteiger partial charge in [-0.25, -0.2) is 5.90 Å². The molecule has 0 radical (unpaired) electrons. The Hall–Kier alpha value is -1.72. The van der Waals surface area contributed by atoms with Crippen LogP contribution in [0.5, 0.6) is 0 Å². The summed E-state index contributed by atoms with van der Waals surface area (Å²) in [7, 11) is 0. The molecule has 0 bridgehead atoms. The van der Waals surface area contributed by atoms with Crippen molar-refractivity contribution >= 4 is 0 Å². The van der Waals surface area contributed by atoms with Crippen LogP contribution in [0.4, 0.5) is 0 Å². The molecule has 5 heteroatoms. The van der Waals surface area contributed by atoms with Crippen LogP contribution in [0.3, 0.4) is 0 Å². The van der Waals surface area contributed by atoms with E-state index >= 15 is 0 Å². The van der Waals surface area contributed by atoms with Gasteiger partial charge in [-0.3, -0.25) is 4.84 Å². The molecule has 5 nitrogen and oxygen atoms in total. The topological polar surface area (TPSA) is 74.2 Å². The van der Waals surface area contributed by atoms with E-state index in [1.54, 1.807) is 0 Å². The predicted octanol–water partition coefficient (Wildman–Crippen LogP) is 2.00. The highest BCUT2D eigenvalue weighted by Gasteiger charge is 2.29. The van der Waals surface area contributed by atoms with Gasteiger partial charge in [0.2, 0.25) is 11.7 Å². The van der Waals surface area contributed by atoms with Gasteiger partial charge in [-0.05, 0) is 18.4 Å². The third kappa shape index (κ3) is 2.20. The summed E-state index contributed by atoms with van der Waals surface area (Å²) in [6.07, 6.45) is 2.32. The Morgan fingerprint density at radius 1 is 1.29 bits per heavy atom. The second-order valence-corrected chi connectivity index (χ2v) is 4.24. The number of hydrogen-bond acceptors (Lipinski definition) is 5. The molecule has 0 atom stereocenters. The standard InChI is InChI=1S/C12H13N3O2/c13-16-7-8-1-3-9(4-2-8)11-14-12(17-15-11)10-5-6-10/h1-4,10H,5-7,13H2. The number of benzene rings is 1. The maximum atomic E-state index is 5.21. The zero-order chi connectivity index (χ0) is 11.7. The molecule has 1 aliphatic carbocycles. The summed E-state index contributed by atoms with van der Waals surface area (Å²) >= 11 is 0. The summed E-state index contributed by atoms with van der Waals surface area (Å²) in [6, 6.07) is 7.76. The first-order valence-electron chi connectivity index (χ1n) is 5.61. The van der Waals surface area contributed by atoms with E-state index in [0.717, 1.165) is 29.9 Å². The highest BCUT2D eigenvalue weighted by Crippen LogP contribution is 2.39. The van der Waals surface area contributed by atoms with Gasteiger partial charge in [-0.1, -0.05) is 29.4 Å². The fourth-order valence-corrected chi connectivity index (χ4v) is 1.69. The van der Waals surface area contributed by atoms with Crippen LogP contribution in [-0.2, 0) is 11.4 Å². The van der Waals surface area contributed by atoms with Crippen molar-refractivity contribution in [2.45, 2.75) is 25.4 Å². The Kier molecular flexibility index (Phi) is 2.62. The van der Waals surface area contributed by atoms with Crippen molar-refractivity contribution < 1.29 is 9.36 Å². The van der Waals surface area contributed by atoms with Crippen molar-refractivity contribution in [2.24, 2.45) is 5.90 Å². The van der Waals surface area contributed by atoms with Crippen LogP contribution in [0.1, 0.15) is 30.2 Å². The van der Waals surface area contributed by atoms with Gasteiger partial charge in [-0.2, -0.15) is 4.98 Å². The molecule has 1 aliphatic rings. The highest BCUT2D eigenvalue weighted by molar-refractivity contribution is 5.54. The minimum atomic E-state index is 0.403. The highest BCUT2D eigenvalue weighted by atomic mass is 16.6. The van der Waals surface area contributed by atoms with E-state index in [4.69, 9.17) is 10.4 Å². The predicted molar refractivity (Wildman–Crippen MR) is 60.7 cm³/mol. The molecule has 1 aromatic carbocycles. The summed E-state index contributed by atoms with van der Waals surface area (Å²) in [5, 5.41) is 3.98. The van der Waals surface area contributed by atoms with Crippen molar-refractivity contribution in [2.75, 3.05) is 0 Å². The second-order valence-electron chi connectivity index (χ2n) is 4.24. The molecular formula is C12H13N3O2. The number of nitrogens with two attached hydrogens (primary N) is 1. The van der Waals surface area contributed by atoms with Crippen LogP contribution in [0, 0.1) is 0 Å². The van der Waals surface area contributed by atoms with Gasteiger partial charge >= 0.3 is 0 Å². The second kappa shape index (κ2) is 4.27. The van der Waals surface area contributed by atoms with E-state index in [1.807, 2.05) is 24.3 Å². The molecule has 88 valence electrons. The molecule has 3 rings (SSSR count). The van der Waals surface area contributed by atoms with Crippen molar-refractivity contribution in [3.63, 3.8) is 0 Å². The summed E-state index contributed by atoms with van der Waals surface area (Å²) in [5.74, 6) is 6.90. The number of nitrogens with zero attached hydrogens (tertiary/aromatic N) is 2. The van der Waals surface area contributed by atoms with Crippen LogP contribution >= 0.6 is 0 Å². The molecule has 2 N–H and O–H groups in total. The average molecular weight is 231 g/mol. The summed E-state index contributed by atoms with van der Waals surface area (Å²) in [4.78, 5) is 8.95. The molecule has 1 saturated carbocycles. The minimum absolute atomic E-state index is 0.403. The Morgan fingerprint density at radius 3 is 2.71 bits per heavy atom. The third-order valence-corrected chi connectivity index (χ3v) is 2.83. The van der Waals surface area contributed by atoms with Crippen LogP contribution in [0.2, 0.25) is 0 Å². The summed E-state index contributed by atoms with van der Waals surface area (Å²) < 4.78 is 5.21. The normalized spacial score (nSPS) is 15.1. The fourth-order valence-electron chi connectivity index (χ4n) is 1.69. The third-order valence-electron chi connectivity index (χ3n) is 2.83. The van der Waals surface area contributed by atoms with Gasteiger partial charge in [0, 0.05) is 11.5 Å². The van der Waals surface area contributed by atoms with Crippen molar-refractivity contribution in [1.29, 1.82) is 0 Å². The molecule has 2 aromatic rings. The molecule has 1 aromatic heterocycles. The van der Waals surface area contributed by atoms with Crippen LogP contribution in [0.25, 0.3) is 11.4 Å². The molecule has 17 heavy (non-hydrogen) atoms. The number of aromatic nitrogens is 2. The fraction of sp³-hybridized carbons (Fsp3) is 0.333. The SMILES string of the molecule is NOCc1ccc(-c2noc(C3CC3)n2)cc1. The minimum Gasteiger partial charge on any atom is -0.339 e. The van der Waals surface area contributed by atoms with E-state index in [1.165, 1.54) is 0 Å². The maximum absolute atomic E-state index is 5.21. The summed E-state index contributed by atoms with van der Waals surface area (Å²) in [5.41, 5.74) is 1.96. The van der Waals surface area contributed by atoms with Gasteiger partial charge in [0.25, 0.3) is 0 Å². The van der Waals surface area contributed by atoms with E-state index in [2.05, 4.69) is 15.0 Å². The van der Waals surface area contributed by atoms with Gasteiger partial charge in [0.1, 0.15) is 0 Å². The maximum Gasteiger partial charge on any atom is 0.230 e. The zero-order valence-corrected chi connectivity index (χ0v) is 9.30. The smallest absolute Gasteiger partial charge is 0.230 e. The Morgan fingerprint density at radius 2 is 2.06 bits per heavy atom. The number of hydrogen-bond donors (Lipinski definition) is 1. The van der Waals surface area contributed by atoms with Crippen LogP contribution in [-0.4, -0.2) is 10.1 Å². The Labute approximate surface area is 98.5 Å². The van der Waals surface area contributed by atoms with Gasteiger partial charge in [0.05, 0.1) is 6.61 Å². The van der Waals surface area contributed by atoms with Crippen molar-refractivity contribution in [1.82, 2.24) is 10.1 Å². The lowest BCUT2D eigenvalue weighted by Crippen LogP contribution is -1.98. The largest absolute Gasteiger partial charge is 0.339 e. The molecule has 0 unspecified atom stereocenters. The van der Waals surface area contributed by atoms with E-state index in [-0.39, 0.29) is 0 Å². The van der Waals surface area contributed by atoms with Crippen molar-refractivity contribution in [3.05, 3.63) is 35.7 Å². The number of rotatable bonds is 4. The van der Waals surface area contributed by atoms with E-state index < -0.39 is 0 Å². The zero-order valence-electron chi connectivity index (χ0n) is 9.30. The van der Waals surface area contributed by atoms with Gasteiger partial charge in [-0.15, -0.1) is 0 Å². The molecule has 0 aliphatic heterocycles. The first-order chi connectivity index (χ1) is 8.36. The van der Waals surface area contributed by atoms with E-state index in [0.29, 0.717) is 18.3 Å². The average Bonchev–Trinajstić information content (AvgIpc) is 3.09. The summed E-state index contributed by atoms with van der Waals surface area (Å²) in [6.45, 7) is 0.403. The molecule has 1 heterocycles. The quantitative estimate of drug-likeness (QED) is 0.814.